The van der Waals surface area contributed by atoms with Crippen molar-refractivity contribution in [2.45, 2.75) is 31.3 Å². The summed E-state index contributed by atoms with van der Waals surface area (Å²) in [5.41, 5.74) is 9.69. The molecule has 0 radical (unpaired) electrons. The molecule has 4 aromatic rings. The number of hydrogen-bond donors (Lipinski definition) is 1. The van der Waals surface area contributed by atoms with Crippen molar-refractivity contribution in [3.05, 3.63) is 89.7 Å². The summed E-state index contributed by atoms with van der Waals surface area (Å²) in [6.45, 7) is 3.05. The Morgan fingerprint density at radius 1 is 1.00 bits per heavy atom. The zero-order chi connectivity index (χ0) is 29.8. The van der Waals surface area contributed by atoms with Gasteiger partial charge in [0.2, 0.25) is 5.91 Å². The number of carbonyl (C=O) groups excluding carboxylic acids is 2. The number of carbonyl (C=O) groups is 2. The number of nitrogens with two attached hydrogens (primary N) is 1. The molecule has 0 bridgehead atoms. The normalized spacial score (nSPS) is 14.3. The number of sulfonamides is 1. The molecule has 3 atom stereocenters. The summed E-state index contributed by atoms with van der Waals surface area (Å²) in [7, 11) is -8.60. The molecule has 0 aliphatic carbocycles. The van der Waals surface area contributed by atoms with Gasteiger partial charge in [0.1, 0.15) is 5.75 Å². The average molecular weight is 615 g/mol. The van der Waals surface area contributed by atoms with Crippen LogP contribution in [0, 0.1) is 11.8 Å². The van der Waals surface area contributed by atoms with E-state index in [1.54, 1.807) is 12.4 Å². The first kappa shape index (κ1) is 30.4. The van der Waals surface area contributed by atoms with Gasteiger partial charge in [0.05, 0.1) is 38.5 Å². The van der Waals surface area contributed by atoms with E-state index in [9.17, 15) is 26.4 Å². The Hall–Kier alpha value is -3.52. The first-order valence-electron chi connectivity index (χ1n) is 12.7. The number of fused-ring (bicyclic) bond motifs is 1. The highest BCUT2D eigenvalue weighted by Gasteiger charge is 2.40. The lowest BCUT2D eigenvalue weighted by molar-refractivity contribution is -0.131. The van der Waals surface area contributed by atoms with Gasteiger partial charge in [-0.15, -0.1) is 11.3 Å². The van der Waals surface area contributed by atoms with Gasteiger partial charge in [-0.3, -0.25) is 14.6 Å². The summed E-state index contributed by atoms with van der Waals surface area (Å²) in [4.78, 5) is 34.1. The summed E-state index contributed by atoms with van der Waals surface area (Å²) < 4.78 is 55.0. The largest absolute Gasteiger partial charge is 0.310 e. The van der Waals surface area contributed by atoms with E-state index >= 15 is 0 Å². The molecule has 0 saturated heterocycles. The van der Waals surface area contributed by atoms with E-state index in [1.807, 2.05) is 30.3 Å². The van der Waals surface area contributed by atoms with Crippen LogP contribution in [0.15, 0.2) is 83.5 Å². The molecule has 41 heavy (non-hydrogen) atoms. The Kier molecular flexibility index (Phi) is 9.32. The lowest BCUT2D eigenvalue weighted by Crippen LogP contribution is -2.55. The standard InChI is InChI=1S/C28H30N4O6S3/c1-19(13-21-7-4-3-5-8-21)27(29)32(41(37,38)23-10-11-24-26(14-23)39-18-31-24)28(34)20(2)16-40(35,36)17-25(33)22-9-6-12-30-15-22/h3-12,14-15,18-20,27H,13,16-17,29H2,1-2H3/t19-,20?,27-/m0/s1. The van der Waals surface area contributed by atoms with Crippen LogP contribution in [0.4, 0.5) is 0 Å². The van der Waals surface area contributed by atoms with Gasteiger partial charge in [-0.2, -0.15) is 0 Å². The van der Waals surface area contributed by atoms with Crippen LogP contribution in [0.5, 0.6) is 0 Å². The van der Waals surface area contributed by atoms with Crippen molar-refractivity contribution >= 4 is 53.1 Å². The number of aromatic nitrogens is 2. The van der Waals surface area contributed by atoms with Crippen molar-refractivity contribution in [2.75, 3.05) is 11.5 Å². The zero-order valence-corrected chi connectivity index (χ0v) is 24.9. The highest BCUT2D eigenvalue weighted by atomic mass is 32.2. The second-order valence-corrected chi connectivity index (χ2v) is 14.7. The predicted molar refractivity (Wildman–Crippen MR) is 157 cm³/mol. The van der Waals surface area contributed by atoms with Crippen LogP contribution >= 0.6 is 11.3 Å². The minimum atomic E-state index is -4.51. The van der Waals surface area contributed by atoms with Gasteiger partial charge in [0.25, 0.3) is 10.0 Å². The van der Waals surface area contributed by atoms with Crippen molar-refractivity contribution < 1.29 is 26.4 Å². The molecule has 0 saturated carbocycles. The van der Waals surface area contributed by atoms with Gasteiger partial charge in [0, 0.05) is 18.0 Å². The summed E-state index contributed by atoms with van der Waals surface area (Å²) >= 11 is 1.25. The number of hydrogen-bond acceptors (Lipinski definition) is 10. The third kappa shape index (κ3) is 7.22. The molecule has 0 spiro atoms. The number of sulfone groups is 1. The Balaban J connectivity index is 1.63. The first-order chi connectivity index (χ1) is 19.4. The average Bonchev–Trinajstić information content (AvgIpc) is 3.41. The van der Waals surface area contributed by atoms with Crippen LogP contribution in [-0.2, 0) is 31.1 Å². The molecule has 2 aromatic carbocycles. The van der Waals surface area contributed by atoms with E-state index in [0.29, 0.717) is 20.9 Å². The molecule has 2 aromatic heterocycles. The van der Waals surface area contributed by atoms with Crippen molar-refractivity contribution in [3.63, 3.8) is 0 Å². The maximum Gasteiger partial charge on any atom is 0.267 e. The SMILES string of the molecule is CC(CS(=O)(=O)CC(=O)c1cccnc1)C(=O)N([C@H](N)[C@@H](C)Cc1ccccc1)S(=O)(=O)c1ccc2ncsc2c1. The molecule has 2 N–H and O–H groups in total. The number of Topliss-reactive ketones (excluding diaryl/α,β-unsaturated/α-hetero) is 1. The van der Waals surface area contributed by atoms with Gasteiger partial charge in [-0.1, -0.05) is 44.2 Å². The number of pyridine rings is 1. The van der Waals surface area contributed by atoms with E-state index in [2.05, 4.69) is 9.97 Å². The van der Waals surface area contributed by atoms with Crippen LogP contribution in [-0.4, -0.2) is 60.5 Å². The molecule has 10 nitrogen and oxygen atoms in total. The van der Waals surface area contributed by atoms with Gasteiger partial charge in [-0.25, -0.2) is 26.1 Å². The lowest BCUT2D eigenvalue weighted by Gasteiger charge is -2.34. The summed E-state index contributed by atoms with van der Waals surface area (Å²) in [6, 6.07) is 16.5. The van der Waals surface area contributed by atoms with Crippen LogP contribution < -0.4 is 5.73 Å². The third-order valence-electron chi connectivity index (χ3n) is 6.59. The van der Waals surface area contributed by atoms with Crippen LogP contribution in [0.2, 0.25) is 0 Å². The smallest absolute Gasteiger partial charge is 0.267 e. The van der Waals surface area contributed by atoms with Crippen molar-refractivity contribution in [1.29, 1.82) is 0 Å². The number of nitrogens with zero attached hydrogens (tertiary/aromatic N) is 3. The van der Waals surface area contributed by atoms with Crippen LogP contribution in [0.1, 0.15) is 29.8 Å². The van der Waals surface area contributed by atoms with E-state index in [4.69, 9.17) is 5.73 Å². The fraction of sp³-hybridized carbons (Fsp3) is 0.286. The molecular weight excluding hydrogens is 585 g/mol. The van der Waals surface area contributed by atoms with Crippen molar-refractivity contribution in [2.24, 2.45) is 17.6 Å². The van der Waals surface area contributed by atoms with Crippen molar-refractivity contribution in [3.8, 4) is 0 Å². The van der Waals surface area contributed by atoms with E-state index in [-0.39, 0.29) is 10.5 Å². The summed E-state index contributed by atoms with van der Waals surface area (Å²) in [5, 5.41) is 0. The van der Waals surface area contributed by atoms with Gasteiger partial charge in [-0.05, 0) is 48.2 Å². The maximum atomic E-state index is 14.0. The second kappa shape index (κ2) is 12.6. The minimum absolute atomic E-state index is 0.120. The summed E-state index contributed by atoms with van der Waals surface area (Å²) in [6.07, 6.45) is 1.79. The van der Waals surface area contributed by atoms with Gasteiger partial charge < -0.3 is 5.73 Å². The maximum absolute atomic E-state index is 14.0. The monoisotopic (exact) mass is 614 g/mol. The zero-order valence-electron chi connectivity index (χ0n) is 22.5. The molecular formula is C28H30N4O6S3. The number of rotatable bonds is 12. The predicted octanol–water partition coefficient (Wildman–Crippen LogP) is 3.31. The quantitative estimate of drug-likeness (QED) is 0.187. The molecule has 216 valence electrons. The molecule has 1 amide bonds. The Bertz CT molecular complexity index is 1740. The van der Waals surface area contributed by atoms with Gasteiger partial charge >= 0.3 is 0 Å². The highest BCUT2D eigenvalue weighted by Crippen LogP contribution is 2.28. The second-order valence-electron chi connectivity index (χ2n) is 9.90. The number of benzene rings is 2. The van der Waals surface area contributed by atoms with Gasteiger partial charge in [0.15, 0.2) is 15.6 Å². The minimum Gasteiger partial charge on any atom is -0.310 e. The number of amides is 1. The number of ketones is 1. The molecule has 13 heteroatoms. The topological polar surface area (TPSA) is 157 Å². The highest BCUT2D eigenvalue weighted by molar-refractivity contribution is 7.92. The third-order valence-corrected chi connectivity index (χ3v) is 10.9. The molecule has 0 aliphatic rings. The van der Waals surface area contributed by atoms with Crippen molar-refractivity contribution in [1.82, 2.24) is 14.3 Å². The Morgan fingerprint density at radius 3 is 2.41 bits per heavy atom. The molecule has 0 fully saturated rings. The van der Waals surface area contributed by atoms with Crippen LogP contribution in [0.3, 0.4) is 0 Å². The van der Waals surface area contributed by atoms with E-state index in [0.717, 1.165) is 5.56 Å². The fourth-order valence-electron chi connectivity index (χ4n) is 4.41. The van der Waals surface area contributed by atoms with E-state index < -0.39 is 61.1 Å². The molecule has 4 rings (SSSR count). The van der Waals surface area contributed by atoms with E-state index in [1.165, 1.54) is 61.0 Å². The first-order valence-corrected chi connectivity index (χ1v) is 16.9. The fourth-order valence-corrected chi connectivity index (χ4v) is 8.47. The van der Waals surface area contributed by atoms with Crippen LogP contribution in [0.25, 0.3) is 10.2 Å². The molecule has 2 heterocycles. The Labute approximate surface area is 243 Å². The molecule has 1 unspecified atom stereocenters. The molecule has 0 aliphatic heterocycles. The lowest BCUT2D eigenvalue weighted by atomic mass is 9.98. The number of thiazole rings is 1. The summed E-state index contributed by atoms with van der Waals surface area (Å²) in [5.74, 6) is -5.05. The Morgan fingerprint density at radius 2 is 1.73 bits per heavy atom.